The number of nitrogens with zero attached hydrogens (tertiary/aromatic N) is 3. The smallest absolute Gasteiger partial charge is 0.251 e. The van der Waals surface area contributed by atoms with Crippen LogP contribution in [0, 0.1) is 0 Å². The first-order valence-electron chi connectivity index (χ1n) is 11.0. The number of benzene rings is 2. The van der Waals surface area contributed by atoms with Crippen LogP contribution in [-0.2, 0) is 5.75 Å². The highest BCUT2D eigenvalue weighted by Gasteiger charge is 2.23. The van der Waals surface area contributed by atoms with Crippen molar-refractivity contribution in [1.29, 1.82) is 0 Å². The Labute approximate surface area is 187 Å². The molecule has 0 bridgehead atoms. The summed E-state index contributed by atoms with van der Waals surface area (Å²) in [4.78, 5) is 24.4. The van der Waals surface area contributed by atoms with Crippen molar-refractivity contribution in [3.63, 3.8) is 0 Å². The Kier molecular flexibility index (Phi) is 5.89. The van der Waals surface area contributed by atoms with Gasteiger partial charge in [-0.1, -0.05) is 54.2 Å². The Morgan fingerprint density at radius 3 is 2.58 bits per heavy atom. The van der Waals surface area contributed by atoms with E-state index in [2.05, 4.69) is 34.5 Å². The van der Waals surface area contributed by atoms with E-state index in [9.17, 15) is 4.79 Å². The maximum absolute atomic E-state index is 12.4. The molecule has 1 aromatic heterocycles. The second-order valence-corrected chi connectivity index (χ2v) is 9.13. The molecule has 1 aliphatic carbocycles. The van der Waals surface area contributed by atoms with Gasteiger partial charge in [-0.25, -0.2) is 9.97 Å². The number of carbonyl (C=O) groups excluding carboxylic acids is 1. The molecule has 0 atom stereocenters. The summed E-state index contributed by atoms with van der Waals surface area (Å²) in [6, 6.07) is 20.6. The topological polar surface area (TPSA) is 58.1 Å². The molecular weight excluding hydrogens is 404 g/mol. The summed E-state index contributed by atoms with van der Waals surface area (Å²) in [5.41, 5.74) is 3.88. The van der Waals surface area contributed by atoms with E-state index >= 15 is 0 Å². The molecule has 3 aromatic rings. The van der Waals surface area contributed by atoms with E-state index < -0.39 is 0 Å². The summed E-state index contributed by atoms with van der Waals surface area (Å²) in [6.45, 7) is 2.10. The zero-order valence-electron chi connectivity index (χ0n) is 17.5. The van der Waals surface area contributed by atoms with Crippen molar-refractivity contribution in [2.24, 2.45) is 0 Å². The highest BCUT2D eigenvalue weighted by molar-refractivity contribution is 7.98. The van der Waals surface area contributed by atoms with E-state index in [1.165, 1.54) is 12.8 Å². The molecule has 1 N–H and O–H groups in total. The molecule has 0 spiro atoms. The summed E-state index contributed by atoms with van der Waals surface area (Å²) < 4.78 is 0. The zero-order chi connectivity index (χ0) is 21.0. The Bertz CT molecular complexity index is 1060. The van der Waals surface area contributed by atoms with Gasteiger partial charge in [0.15, 0.2) is 5.16 Å². The van der Waals surface area contributed by atoms with Crippen molar-refractivity contribution in [2.75, 3.05) is 18.0 Å². The summed E-state index contributed by atoms with van der Waals surface area (Å²) >= 11 is 1.62. The lowest BCUT2D eigenvalue weighted by atomic mass is 10.1. The van der Waals surface area contributed by atoms with Crippen LogP contribution in [0.15, 0.2) is 65.8 Å². The fraction of sp³-hybridized carbons (Fsp3) is 0.320. The number of hydrogen-bond donors (Lipinski definition) is 1. The minimum atomic E-state index is 0.0213. The number of amides is 1. The van der Waals surface area contributed by atoms with Crippen LogP contribution in [0.3, 0.4) is 0 Å². The lowest BCUT2D eigenvalue weighted by molar-refractivity contribution is 0.0951. The average Bonchev–Trinajstić information content (AvgIpc) is 3.46. The molecule has 2 heterocycles. The van der Waals surface area contributed by atoms with E-state index in [1.54, 1.807) is 11.8 Å². The predicted molar refractivity (Wildman–Crippen MR) is 125 cm³/mol. The van der Waals surface area contributed by atoms with Crippen LogP contribution in [0.1, 0.15) is 41.6 Å². The molecule has 1 amide bonds. The van der Waals surface area contributed by atoms with E-state index in [4.69, 9.17) is 9.97 Å². The number of rotatable bonds is 7. The third-order valence-corrected chi connectivity index (χ3v) is 6.58. The molecule has 2 aromatic carbocycles. The van der Waals surface area contributed by atoms with Gasteiger partial charge in [0.1, 0.15) is 5.82 Å². The van der Waals surface area contributed by atoms with Crippen LogP contribution in [-0.4, -0.2) is 35.0 Å². The number of carbonyl (C=O) groups is 1. The second kappa shape index (κ2) is 9.10. The van der Waals surface area contributed by atoms with Crippen LogP contribution < -0.4 is 10.2 Å². The standard InChI is InChI=1S/C25H26N4OS/c30-24(26-21-11-12-21)20-10-6-7-18(15-20)17-31-25-27-22(19-8-2-1-3-9-19)16-23(28-25)29-13-4-5-14-29/h1-3,6-10,15-16,21H,4-5,11-14,17H2,(H,26,30). The van der Waals surface area contributed by atoms with Crippen LogP contribution in [0.4, 0.5) is 5.82 Å². The van der Waals surface area contributed by atoms with Gasteiger partial charge in [-0.2, -0.15) is 0 Å². The molecule has 5 nitrogen and oxygen atoms in total. The van der Waals surface area contributed by atoms with E-state index in [-0.39, 0.29) is 5.91 Å². The quantitative estimate of drug-likeness (QED) is 0.425. The predicted octanol–water partition coefficient (Wildman–Crippen LogP) is 4.93. The molecule has 5 rings (SSSR count). The zero-order valence-corrected chi connectivity index (χ0v) is 18.3. The second-order valence-electron chi connectivity index (χ2n) is 8.19. The van der Waals surface area contributed by atoms with Crippen molar-refractivity contribution < 1.29 is 4.79 Å². The summed E-state index contributed by atoms with van der Waals surface area (Å²) in [5, 5.41) is 3.83. The molecular formula is C25H26N4OS. The largest absolute Gasteiger partial charge is 0.356 e. The van der Waals surface area contributed by atoms with Gasteiger partial charge in [0.05, 0.1) is 5.69 Å². The Hall–Kier alpha value is -2.86. The minimum Gasteiger partial charge on any atom is -0.356 e. The first kappa shape index (κ1) is 20.1. The van der Waals surface area contributed by atoms with Gasteiger partial charge in [-0.15, -0.1) is 0 Å². The van der Waals surface area contributed by atoms with Crippen LogP contribution in [0.25, 0.3) is 11.3 Å². The van der Waals surface area contributed by atoms with Gasteiger partial charge in [0, 0.05) is 42.1 Å². The third-order valence-electron chi connectivity index (χ3n) is 5.66. The summed E-state index contributed by atoms with van der Waals surface area (Å²) in [7, 11) is 0. The van der Waals surface area contributed by atoms with Crippen molar-refractivity contribution in [2.45, 2.75) is 42.6 Å². The number of anilines is 1. The number of hydrogen-bond acceptors (Lipinski definition) is 5. The van der Waals surface area contributed by atoms with Crippen LogP contribution in [0.5, 0.6) is 0 Å². The van der Waals surface area contributed by atoms with Crippen molar-refractivity contribution in [1.82, 2.24) is 15.3 Å². The molecule has 1 aliphatic heterocycles. The Balaban J connectivity index is 1.36. The maximum atomic E-state index is 12.4. The van der Waals surface area contributed by atoms with E-state index in [1.807, 2.05) is 36.4 Å². The molecule has 31 heavy (non-hydrogen) atoms. The van der Waals surface area contributed by atoms with Gasteiger partial charge >= 0.3 is 0 Å². The van der Waals surface area contributed by atoms with E-state index in [0.717, 1.165) is 65.0 Å². The van der Waals surface area contributed by atoms with Crippen LogP contribution in [0.2, 0.25) is 0 Å². The maximum Gasteiger partial charge on any atom is 0.251 e. The van der Waals surface area contributed by atoms with E-state index in [0.29, 0.717) is 6.04 Å². The van der Waals surface area contributed by atoms with Gasteiger partial charge in [0.2, 0.25) is 0 Å². The van der Waals surface area contributed by atoms with Crippen LogP contribution >= 0.6 is 11.8 Å². The van der Waals surface area contributed by atoms with Gasteiger partial charge in [0.25, 0.3) is 5.91 Å². The number of nitrogens with one attached hydrogen (secondary N) is 1. The minimum absolute atomic E-state index is 0.0213. The molecule has 0 unspecified atom stereocenters. The van der Waals surface area contributed by atoms with Gasteiger partial charge in [-0.3, -0.25) is 4.79 Å². The average molecular weight is 431 g/mol. The number of thioether (sulfide) groups is 1. The van der Waals surface area contributed by atoms with Gasteiger partial charge in [-0.05, 0) is 43.4 Å². The first-order chi connectivity index (χ1) is 15.2. The number of aromatic nitrogens is 2. The lowest BCUT2D eigenvalue weighted by Gasteiger charge is -2.18. The molecule has 1 saturated carbocycles. The SMILES string of the molecule is O=C(NC1CC1)c1cccc(CSc2nc(-c3ccccc3)cc(N3CCCC3)n2)c1. The molecule has 0 radical (unpaired) electrons. The van der Waals surface area contributed by atoms with Crippen molar-refractivity contribution >= 4 is 23.5 Å². The Morgan fingerprint density at radius 1 is 1.00 bits per heavy atom. The Morgan fingerprint density at radius 2 is 1.81 bits per heavy atom. The normalized spacial score (nSPS) is 15.8. The summed E-state index contributed by atoms with van der Waals surface area (Å²) in [5.74, 6) is 1.75. The fourth-order valence-electron chi connectivity index (χ4n) is 3.79. The molecule has 2 aliphatic rings. The fourth-order valence-corrected chi connectivity index (χ4v) is 4.59. The van der Waals surface area contributed by atoms with Crippen molar-refractivity contribution in [3.05, 3.63) is 71.8 Å². The monoisotopic (exact) mass is 430 g/mol. The lowest BCUT2D eigenvalue weighted by Crippen LogP contribution is -2.25. The molecule has 1 saturated heterocycles. The van der Waals surface area contributed by atoms with Gasteiger partial charge < -0.3 is 10.2 Å². The third kappa shape index (κ3) is 5.07. The molecule has 6 heteroatoms. The highest BCUT2D eigenvalue weighted by Crippen LogP contribution is 2.29. The molecule has 2 fully saturated rings. The first-order valence-corrected chi connectivity index (χ1v) is 12.0. The van der Waals surface area contributed by atoms with Crippen molar-refractivity contribution in [3.8, 4) is 11.3 Å². The molecule has 158 valence electrons. The highest BCUT2D eigenvalue weighted by atomic mass is 32.2. The summed E-state index contributed by atoms with van der Waals surface area (Å²) in [6.07, 6.45) is 4.61.